The van der Waals surface area contributed by atoms with Crippen LogP contribution in [-0.2, 0) is 13.1 Å². The zero-order chi connectivity index (χ0) is 13.0. The topological polar surface area (TPSA) is 110 Å². The van der Waals surface area contributed by atoms with Crippen molar-refractivity contribution >= 4 is 0 Å². The molecule has 0 aliphatic carbocycles. The van der Waals surface area contributed by atoms with Crippen molar-refractivity contribution in [2.45, 2.75) is 19.2 Å². The zero-order valence-electron chi connectivity index (χ0n) is 9.77. The van der Waals surface area contributed by atoms with Crippen molar-refractivity contribution in [1.82, 2.24) is 20.0 Å². The molecule has 0 saturated carbocycles. The molecular formula is C11H15N5O2. The number of aliphatic hydroxyl groups is 2. The van der Waals surface area contributed by atoms with Gasteiger partial charge in [0.25, 0.3) is 0 Å². The highest BCUT2D eigenvalue weighted by Crippen LogP contribution is 2.21. The van der Waals surface area contributed by atoms with E-state index in [2.05, 4.69) is 15.3 Å². The molecular weight excluding hydrogens is 234 g/mol. The molecule has 2 rings (SSSR count). The minimum absolute atomic E-state index is 0.168. The second-order valence-electron chi connectivity index (χ2n) is 3.84. The Hall–Kier alpha value is -1.83. The number of nitrogens with two attached hydrogens (primary N) is 1. The van der Waals surface area contributed by atoms with Gasteiger partial charge in [0.05, 0.1) is 24.9 Å². The Morgan fingerprint density at radius 1 is 1.33 bits per heavy atom. The second-order valence-corrected chi connectivity index (χ2v) is 3.84. The molecule has 1 atom stereocenters. The molecule has 0 aliphatic heterocycles. The lowest BCUT2D eigenvalue weighted by Gasteiger charge is -2.10. The monoisotopic (exact) mass is 249 g/mol. The van der Waals surface area contributed by atoms with Gasteiger partial charge in [-0.05, 0) is 12.1 Å². The Bertz CT molecular complexity index is 499. The van der Waals surface area contributed by atoms with E-state index >= 15 is 0 Å². The van der Waals surface area contributed by atoms with Gasteiger partial charge in [0.1, 0.15) is 5.69 Å². The molecule has 0 saturated heterocycles. The molecule has 0 aliphatic rings. The molecule has 0 aromatic carbocycles. The smallest absolute Gasteiger partial charge is 0.104 e. The first-order chi connectivity index (χ1) is 8.76. The first kappa shape index (κ1) is 12.6. The van der Waals surface area contributed by atoms with Crippen molar-refractivity contribution in [2.75, 3.05) is 6.61 Å². The van der Waals surface area contributed by atoms with Gasteiger partial charge >= 0.3 is 0 Å². The van der Waals surface area contributed by atoms with Gasteiger partial charge in [-0.15, -0.1) is 5.10 Å². The highest BCUT2D eigenvalue weighted by atomic mass is 16.3. The average molecular weight is 249 g/mol. The minimum atomic E-state index is -0.877. The Morgan fingerprint density at radius 2 is 2.06 bits per heavy atom. The van der Waals surface area contributed by atoms with E-state index in [9.17, 15) is 5.11 Å². The van der Waals surface area contributed by atoms with Crippen LogP contribution in [0.1, 0.15) is 5.69 Å². The Labute approximate surface area is 104 Å². The van der Waals surface area contributed by atoms with E-state index in [0.29, 0.717) is 5.69 Å². The van der Waals surface area contributed by atoms with Gasteiger partial charge in [-0.3, -0.25) is 4.98 Å². The highest BCUT2D eigenvalue weighted by molar-refractivity contribution is 5.61. The molecule has 7 heteroatoms. The maximum absolute atomic E-state index is 9.48. The van der Waals surface area contributed by atoms with Crippen LogP contribution in [0.15, 0.2) is 24.5 Å². The van der Waals surface area contributed by atoms with Crippen LogP contribution < -0.4 is 5.73 Å². The number of aliphatic hydroxyl groups excluding tert-OH is 2. The Balaban J connectivity index is 2.40. The average Bonchev–Trinajstić information content (AvgIpc) is 2.82. The molecule has 0 bridgehead atoms. The molecule has 2 heterocycles. The normalized spacial score (nSPS) is 12.6. The summed E-state index contributed by atoms with van der Waals surface area (Å²) in [7, 11) is 0. The van der Waals surface area contributed by atoms with Crippen LogP contribution in [0.4, 0.5) is 0 Å². The molecule has 0 amide bonds. The quantitative estimate of drug-likeness (QED) is 0.637. The van der Waals surface area contributed by atoms with Crippen LogP contribution in [0, 0.1) is 0 Å². The SMILES string of the molecule is NCc1nnn(CC(O)CO)c1-c1ccncc1. The van der Waals surface area contributed by atoms with Crippen molar-refractivity contribution in [3.63, 3.8) is 0 Å². The maximum Gasteiger partial charge on any atom is 0.104 e. The van der Waals surface area contributed by atoms with Crippen molar-refractivity contribution in [1.29, 1.82) is 0 Å². The van der Waals surface area contributed by atoms with Crippen molar-refractivity contribution < 1.29 is 10.2 Å². The molecule has 18 heavy (non-hydrogen) atoms. The van der Waals surface area contributed by atoms with Crippen LogP contribution >= 0.6 is 0 Å². The molecule has 2 aromatic rings. The van der Waals surface area contributed by atoms with E-state index in [1.165, 1.54) is 0 Å². The molecule has 0 spiro atoms. The first-order valence-electron chi connectivity index (χ1n) is 5.58. The lowest BCUT2D eigenvalue weighted by Crippen LogP contribution is -2.21. The third-order valence-electron chi connectivity index (χ3n) is 2.55. The lowest BCUT2D eigenvalue weighted by atomic mass is 10.1. The highest BCUT2D eigenvalue weighted by Gasteiger charge is 2.15. The predicted molar refractivity (Wildman–Crippen MR) is 64.2 cm³/mol. The van der Waals surface area contributed by atoms with E-state index in [4.69, 9.17) is 10.8 Å². The van der Waals surface area contributed by atoms with Gasteiger partial charge in [-0.25, -0.2) is 4.68 Å². The van der Waals surface area contributed by atoms with E-state index in [-0.39, 0.29) is 19.7 Å². The third-order valence-corrected chi connectivity index (χ3v) is 2.55. The standard InChI is InChI=1S/C11H15N5O2/c12-5-10-11(8-1-3-13-4-2-8)16(15-14-10)6-9(18)7-17/h1-4,9,17-18H,5-7,12H2. The van der Waals surface area contributed by atoms with Crippen LogP contribution in [-0.4, -0.2) is 42.9 Å². The van der Waals surface area contributed by atoms with Crippen molar-refractivity contribution in [3.8, 4) is 11.3 Å². The fraction of sp³-hybridized carbons (Fsp3) is 0.364. The van der Waals surface area contributed by atoms with Gasteiger partial charge < -0.3 is 15.9 Å². The molecule has 1 unspecified atom stereocenters. The fourth-order valence-electron chi connectivity index (χ4n) is 1.70. The maximum atomic E-state index is 9.48. The van der Waals surface area contributed by atoms with E-state index < -0.39 is 6.10 Å². The zero-order valence-corrected chi connectivity index (χ0v) is 9.77. The number of hydrogen-bond acceptors (Lipinski definition) is 6. The summed E-state index contributed by atoms with van der Waals surface area (Å²) in [6.45, 7) is 0.0988. The predicted octanol–water partition coefficient (Wildman–Crippen LogP) is -0.848. The summed E-state index contributed by atoms with van der Waals surface area (Å²) in [4.78, 5) is 3.95. The summed E-state index contributed by atoms with van der Waals surface area (Å²) in [5.74, 6) is 0. The molecule has 7 nitrogen and oxygen atoms in total. The molecule has 0 radical (unpaired) electrons. The summed E-state index contributed by atoms with van der Waals surface area (Å²) in [6.07, 6.45) is 2.45. The van der Waals surface area contributed by atoms with Crippen molar-refractivity contribution in [2.24, 2.45) is 5.73 Å². The number of aromatic nitrogens is 4. The Kier molecular flexibility index (Phi) is 3.98. The van der Waals surface area contributed by atoms with Gasteiger partial charge in [-0.2, -0.15) is 0 Å². The third kappa shape index (κ3) is 2.53. The first-order valence-corrected chi connectivity index (χ1v) is 5.58. The minimum Gasteiger partial charge on any atom is -0.394 e. The molecule has 2 aromatic heterocycles. The van der Waals surface area contributed by atoms with Crippen molar-refractivity contribution in [3.05, 3.63) is 30.2 Å². The summed E-state index contributed by atoms with van der Waals surface area (Å²) in [5, 5.41) is 26.3. The van der Waals surface area contributed by atoms with Gasteiger partial charge in [0.2, 0.25) is 0 Å². The van der Waals surface area contributed by atoms with Crippen LogP contribution in [0.3, 0.4) is 0 Å². The van der Waals surface area contributed by atoms with E-state index in [1.807, 2.05) is 12.1 Å². The number of rotatable bonds is 5. The van der Waals surface area contributed by atoms with E-state index in [1.54, 1.807) is 17.1 Å². The summed E-state index contributed by atoms with van der Waals surface area (Å²) < 4.78 is 1.54. The van der Waals surface area contributed by atoms with Crippen LogP contribution in [0.25, 0.3) is 11.3 Å². The number of hydrogen-bond donors (Lipinski definition) is 3. The number of pyridine rings is 1. The van der Waals surface area contributed by atoms with E-state index in [0.717, 1.165) is 11.3 Å². The van der Waals surface area contributed by atoms with Crippen LogP contribution in [0.2, 0.25) is 0 Å². The molecule has 4 N–H and O–H groups in total. The summed E-state index contributed by atoms with van der Waals surface area (Å²) >= 11 is 0. The fourth-order valence-corrected chi connectivity index (χ4v) is 1.70. The largest absolute Gasteiger partial charge is 0.394 e. The Morgan fingerprint density at radius 3 is 2.67 bits per heavy atom. The van der Waals surface area contributed by atoms with Gasteiger partial charge in [0, 0.05) is 24.5 Å². The summed E-state index contributed by atoms with van der Waals surface area (Å²) in [6, 6.07) is 3.64. The number of nitrogens with zero attached hydrogens (tertiary/aromatic N) is 4. The molecule has 96 valence electrons. The lowest BCUT2D eigenvalue weighted by molar-refractivity contribution is 0.0782. The van der Waals surface area contributed by atoms with Gasteiger partial charge in [0.15, 0.2) is 0 Å². The summed E-state index contributed by atoms with van der Waals surface area (Å²) in [5.41, 5.74) is 7.88. The second kappa shape index (κ2) is 5.67. The van der Waals surface area contributed by atoms with Crippen LogP contribution in [0.5, 0.6) is 0 Å². The molecule has 0 fully saturated rings. The van der Waals surface area contributed by atoms with Gasteiger partial charge in [-0.1, -0.05) is 5.21 Å².